The van der Waals surface area contributed by atoms with Crippen LogP contribution in [0.1, 0.15) is 9.88 Å². The van der Waals surface area contributed by atoms with Crippen LogP contribution >= 0.6 is 11.3 Å². The van der Waals surface area contributed by atoms with Crippen LogP contribution in [0.15, 0.2) is 24.4 Å². The summed E-state index contributed by atoms with van der Waals surface area (Å²) in [7, 11) is 0. The summed E-state index contributed by atoms with van der Waals surface area (Å²) in [5.74, 6) is -0.910. The molecule has 8 heteroatoms. The molecule has 2 heterocycles. The first kappa shape index (κ1) is 17.6. The molecule has 1 N–H and O–H groups in total. The number of aromatic nitrogens is 1. The third-order valence-corrected chi connectivity index (χ3v) is 5.07. The minimum absolute atomic E-state index is 0.132. The molecule has 1 aromatic heterocycles. The Labute approximate surface area is 149 Å². The summed E-state index contributed by atoms with van der Waals surface area (Å²) in [6.07, 6.45) is 2.53. The maximum atomic E-state index is 13.8. The third-order valence-electron chi connectivity index (χ3n) is 4.10. The average molecular weight is 366 g/mol. The van der Waals surface area contributed by atoms with Crippen molar-refractivity contribution in [1.29, 1.82) is 0 Å². The number of aryl methyl sites for hydroxylation is 1. The second-order valence-electron chi connectivity index (χ2n) is 5.92. The SMILES string of the molecule is Cc1cnc(CCNC(=O)N2CCN(c3cc(F)ccc3F)CC2)s1. The number of carbonyl (C=O) groups is 1. The molecule has 0 atom stereocenters. The Morgan fingerprint density at radius 1 is 1.28 bits per heavy atom. The predicted octanol–water partition coefficient (Wildman–Crippen LogP) is 2.80. The lowest BCUT2D eigenvalue weighted by Crippen LogP contribution is -2.52. The van der Waals surface area contributed by atoms with E-state index >= 15 is 0 Å². The smallest absolute Gasteiger partial charge is 0.317 e. The van der Waals surface area contributed by atoms with Crippen LogP contribution in [-0.2, 0) is 6.42 Å². The van der Waals surface area contributed by atoms with Gasteiger partial charge in [0.2, 0.25) is 0 Å². The van der Waals surface area contributed by atoms with Gasteiger partial charge in [0.25, 0.3) is 0 Å². The van der Waals surface area contributed by atoms with Crippen LogP contribution in [0.4, 0.5) is 19.3 Å². The summed E-state index contributed by atoms with van der Waals surface area (Å²) in [5, 5.41) is 3.89. The number of amides is 2. The molecule has 1 aliphatic heterocycles. The van der Waals surface area contributed by atoms with Gasteiger partial charge in [-0.25, -0.2) is 18.6 Å². The number of nitrogens with zero attached hydrogens (tertiary/aromatic N) is 3. The fraction of sp³-hybridized carbons (Fsp3) is 0.412. The van der Waals surface area contributed by atoms with Crippen molar-refractivity contribution in [2.45, 2.75) is 13.3 Å². The summed E-state index contributed by atoms with van der Waals surface area (Å²) in [5.41, 5.74) is 0.249. The number of halogens is 2. The van der Waals surface area contributed by atoms with Gasteiger partial charge in [-0.1, -0.05) is 0 Å². The van der Waals surface area contributed by atoms with E-state index in [2.05, 4.69) is 10.3 Å². The molecule has 3 rings (SSSR count). The molecule has 5 nitrogen and oxygen atoms in total. The van der Waals surface area contributed by atoms with Crippen molar-refractivity contribution in [2.75, 3.05) is 37.6 Å². The average Bonchev–Trinajstić information content (AvgIpc) is 3.02. The first-order valence-electron chi connectivity index (χ1n) is 8.17. The molecular formula is C17H20F2N4OS. The number of hydrogen-bond acceptors (Lipinski definition) is 4. The molecule has 2 aromatic rings. The minimum Gasteiger partial charge on any atom is -0.366 e. The van der Waals surface area contributed by atoms with Gasteiger partial charge in [0.05, 0.1) is 10.7 Å². The predicted molar refractivity (Wildman–Crippen MR) is 94.1 cm³/mol. The van der Waals surface area contributed by atoms with Gasteiger partial charge in [0, 0.05) is 56.3 Å². The number of piperazine rings is 1. The Morgan fingerprint density at radius 2 is 2.04 bits per heavy atom. The highest BCUT2D eigenvalue weighted by Crippen LogP contribution is 2.21. The number of nitrogens with one attached hydrogen (secondary N) is 1. The van der Waals surface area contributed by atoms with Crippen LogP contribution in [0, 0.1) is 18.6 Å². The Hall–Kier alpha value is -2.22. The topological polar surface area (TPSA) is 48.5 Å². The van der Waals surface area contributed by atoms with E-state index in [-0.39, 0.29) is 11.7 Å². The normalized spacial score (nSPS) is 14.7. The standard InChI is InChI=1S/C17H20F2N4OS/c1-12-11-21-16(25-12)4-5-20-17(24)23-8-6-22(7-9-23)15-10-13(18)2-3-14(15)19/h2-3,10-11H,4-9H2,1H3,(H,20,24). The maximum absolute atomic E-state index is 13.8. The number of carbonyl (C=O) groups excluding carboxylic acids is 1. The van der Waals surface area contributed by atoms with Gasteiger partial charge in [-0.05, 0) is 19.1 Å². The van der Waals surface area contributed by atoms with Crippen LogP contribution in [0.2, 0.25) is 0 Å². The molecule has 0 bridgehead atoms. The van der Waals surface area contributed by atoms with Crippen LogP contribution in [0.3, 0.4) is 0 Å². The lowest BCUT2D eigenvalue weighted by Gasteiger charge is -2.36. The van der Waals surface area contributed by atoms with E-state index in [9.17, 15) is 13.6 Å². The van der Waals surface area contributed by atoms with E-state index in [0.29, 0.717) is 39.1 Å². The van der Waals surface area contributed by atoms with Crippen molar-refractivity contribution in [3.8, 4) is 0 Å². The molecular weight excluding hydrogens is 346 g/mol. The molecule has 1 fully saturated rings. The number of benzene rings is 1. The zero-order valence-electron chi connectivity index (χ0n) is 14.0. The van der Waals surface area contributed by atoms with Crippen LogP contribution < -0.4 is 10.2 Å². The van der Waals surface area contributed by atoms with Gasteiger partial charge >= 0.3 is 6.03 Å². The highest BCUT2D eigenvalue weighted by atomic mass is 32.1. The third kappa shape index (κ3) is 4.45. The van der Waals surface area contributed by atoms with E-state index in [4.69, 9.17) is 0 Å². The van der Waals surface area contributed by atoms with Gasteiger partial charge in [-0.2, -0.15) is 0 Å². The first-order chi connectivity index (χ1) is 12.0. The van der Waals surface area contributed by atoms with E-state index in [0.717, 1.165) is 22.0 Å². The van der Waals surface area contributed by atoms with Crippen molar-refractivity contribution < 1.29 is 13.6 Å². The second-order valence-corrected chi connectivity index (χ2v) is 7.24. The molecule has 0 radical (unpaired) electrons. The maximum Gasteiger partial charge on any atom is 0.317 e. The van der Waals surface area contributed by atoms with Crippen LogP contribution in [0.25, 0.3) is 0 Å². The van der Waals surface area contributed by atoms with E-state index in [1.807, 2.05) is 13.1 Å². The molecule has 134 valence electrons. The number of anilines is 1. The van der Waals surface area contributed by atoms with Crippen molar-refractivity contribution in [2.24, 2.45) is 0 Å². The summed E-state index contributed by atoms with van der Waals surface area (Å²) >= 11 is 1.63. The van der Waals surface area contributed by atoms with Gasteiger partial charge in [0.1, 0.15) is 11.6 Å². The lowest BCUT2D eigenvalue weighted by atomic mass is 10.2. The second kappa shape index (κ2) is 7.77. The Morgan fingerprint density at radius 3 is 2.72 bits per heavy atom. The summed E-state index contributed by atoms with van der Waals surface area (Å²) in [4.78, 5) is 21.1. The van der Waals surface area contributed by atoms with Crippen molar-refractivity contribution in [3.05, 3.63) is 45.9 Å². The quantitative estimate of drug-likeness (QED) is 0.905. The number of thiazole rings is 1. The molecule has 1 aliphatic rings. The molecule has 1 saturated heterocycles. The lowest BCUT2D eigenvalue weighted by molar-refractivity contribution is 0.194. The summed E-state index contributed by atoms with van der Waals surface area (Å²) in [6.45, 7) is 4.42. The van der Waals surface area contributed by atoms with Gasteiger partial charge in [0.15, 0.2) is 0 Å². The van der Waals surface area contributed by atoms with Gasteiger partial charge in [-0.3, -0.25) is 0 Å². The summed E-state index contributed by atoms with van der Waals surface area (Å²) < 4.78 is 27.1. The zero-order valence-corrected chi connectivity index (χ0v) is 14.8. The van der Waals surface area contributed by atoms with Crippen LogP contribution in [0.5, 0.6) is 0 Å². The van der Waals surface area contributed by atoms with Crippen molar-refractivity contribution in [3.63, 3.8) is 0 Å². The van der Waals surface area contributed by atoms with E-state index in [1.54, 1.807) is 21.1 Å². The monoisotopic (exact) mass is 366 g/mol. The van der Waals surface area contributed by atoms with E-state index in [1.165, 1.54) is 6.07 Å². The molecule has 2 amide bonds. The first-order valence-corrected chi connectivity index (χ1v) is 8.98. The molecule has 0 saturated carbocycles. The van der Waals surface area contributed by atoms with E-state index < -0.39 is 11.6 Å². The number of hydrogen-bond donors (Lipinski definition) is 1. The number of urea groups is 1. The fourth-order valence-corrected chi connectivity index (χ4v) is 3.57. The molecule has 25 heavy (non-hydrogen) atoms. The summed E-state index contributed by atoms with van der Waals surface area (Å²) in [6, 6.07) is 3.30. The fourth-order valence-electron chi connectivity index (χ4n) is 2.78. The Balaban J connectivity index is 1.46. The molecule has 0 unspecified atom stereocenters. The van der Waals surface area contributed by atoms with Crippen LogP contribution in [-0.4, -0.2) is 48.6 Å². The largest absolute Gasteiger partial charge is 0.366 e. The van der Waals surface area contributed by atoms with Crippen molar-refractivity contribution in [1.82, 2.24) is 15.2 Å². The Bertz CT molecular complexity index is 744. The number of rotatable bonds is 4. The minimum atomic E-state index is -0.464. The van der Waals surface area contributed by atoms with Crippen molar-refractivity contribution >= 4 is 23.1 Å². The molecule has 1 aromatic carbocycles. The van der Waals surface area contributed by atoms with Gasteiger partial charge in [-0.15, -0.1) is 11.3 Å². The molecule has 0 aliphatic carbocycles. The highest BCUT2D eigenvalue weighted by Gasteiger charge is 2.23. The molecule has 0 spiro atoms. The Kier molecular flexibility index (Phi) is 5.47. The van der Waals surface area contributed by atoms with Gasteiger partial charge < -0.3 is 15.1 Å². The highest BCUT2D eigenvalue weighted by molar-refractivity contribution is 7.11. The zero-order chi connectivity index (χ0) is 17.8.